The lowest BCUT2D eigenvalue weighted by Crippen LogP contribution is -2.34. The van der Waals surface area contributed by atoms with Crippen LogP contribution in [0.5, 0.6) is 0 Å². The Balaban J connectivity index is 2.59. The lowest BCUT2D eigenvalue weighted by molar-refractivity contribution is -0.110. The van der Waals surface area contributed by atoms with E-state index in [-0.39, 0.29) is 6.61 Å². The second-order valence-corrected chi connectivity index (χ2v) is 3.21. The molecule has 0 aromatic rings. The van der Waals surface area contributed by atoms with E-state index in [0.717, 1.165) is 11.9 Å². The summed E-state index contributed by atoms with van der Waals surface area (Å²) in [6, 6.07) is -0.414. The molecule has 72 valence electrons. The Hall–Kier alpha value is -1.32. The first-order chi connectivity index (χ1) is 6.15. The summed E-state index contributed by atoms with van der Waals surface area (Å²) in [5.41, 5.74) is 1.12. The molecule has 0 bridgehead atoms. The Morgan fingerprint density at radius 1 is 1.69 bits per heavy atom. The zero-order chi connectivity index (χ0) is 9.84. The van der Waals surface area contributed by atoms with Gasteiger partial charge in [0.1, 0.15) is 18.9 Å². The predicted molar refractivity (Wildman–Crippen MR) is 47.3 cm³/mol. The summed E-state index contributed by atoms with van der Waals surface area (Å²) in [7, 11) is 0. The van der Waals surface area contributed by atoms with Crippen molar-refractivity contribution in [3.8, 4) is 0 Å². The number of ether oxygens (including phenoxy) is 1. The summed E-state index contributed by atoms with van der Waals surface area (Å²) in [6.07, 6.45) is 2.22. The Labute approximate surface area is 77.2 Å². The summed E-state index contributed by atoms with van der Waals surface area (Å²) in [5.74, 6) is 0. The largest absolute Gasteiger partial charge is 0.447 e. The number of aldehydes is 1. The Bertz CT molecular complexity index is 243. The van der Waals surface area contributed by atoms with Crippen molar-refractivity contribution < 1.29 is 14.3 Å². The van der Waals surface area contributed by atoms with Crippen molar-refractivity contribution in [2.24, 2.45) is 0 Å². The molecule has 1 aliphatic rings. The molecule has 1 fully saturated rings. The van der Waals surface area contributed by atoms with Crippen LogP contribution >= 0.6 is 0 Å². The second kappa shape index (κ2) is 4.07. The molecule has 0 N–H and O–H groups in total. The van der Waals surface area contributed by atoms with E-state index in [1.165, 1.54) is 4.90 Å². The minimum atomic E-state index is -0.414. The van der Waals surface area contributed by atoms with E-state index in [4.69, 9.17) is 4.74 Å². The first kappa shape index (κ1) is 9.77. The van der Waals surface area contributed by atoms with Crippen molar-refractivity contribution in [3.63, 3.8) is 0 Å². The SMILES string of the molecule is CC(C)=CCN1C(=O)OC[C@@H]1C=O. The second-order valence-electron chi connectivity index (χ2n) is 3.21. The van der Waals surface area contributed by atoms with Crippen LogP contribution in [0.3, 0.4) is 0 Å². The van der Waals surface area contributed by atoms with E-state index in [1.807, 2.05) is 19.9 Å². The topological polar surface area (TPSA) is 46.6 Å². The Morgan fingerprint density at radius 3 is 2.92 bits per heavy atom. The standard InChI is InChI=1S/C9H13NO3/c1-7(2)3-4-10-8(5-11)6-13-9(10)12/h3,5,8H,4,6H2,1-2H3/t8-/m0/s1. The summed E-state index contributed by atoms with van der Waals surface area (Å²) in [4.78, 5) is 23.0. The molecule has 1 atom stereocenters. The molecule has 13 heavy (non-hydrogen) atoms. The van der Waals surface area contributed by atoms with Gasteiger partial charge < -0.3 is 9.53 Å². The number of hydrogen-bond donors (Lipinski definition) is 0. The third-order valence-electron chi connectivity index (χ3n) is 1.87. The van der Waals surface area contributed by atoms with Crippen molar-refractivity contribution in [1.82, 2.24) is 4.90 Å². The number of cyclic esters (lactones) is 1. The first-order valence-corrected chi connectivity index (χ1v) is 4.17. The minimum absolute atomic E-state index is 0.179. The van der Waals surface area contributed by atoms with Crippen LogP contribution in [0.15, 0.2) is 11.6 Å². The van der Waals surface area contributed by atoms with E-state index in [0.29, 0.717) is 6.54 Å². The average molecular weight is 183 g/mol. The molecule has 0 aliphatic carbocycles. The molecule has 1 saturated heterocycles. The van der Waals surface area contributed by atoms with E-state index in [9.17, 15) is 9.59 Å². The fourth-order valence-corrected chi connectivity index (χ4v) is 1.07. The van der Waals surface area contributed by atoms with Gasteiger partial charge in [0.25, 0.3) is 0 Å². The van der Waals surface area contributed by atoms with E-state index in [1.54, 1.807) is 0 Å². The fraction of sp³-hybridized carbons (Fsp3) is 0.556. The highest BCUT2D eigenvalue weighted by atomic mass is 16.6. The van der Waals surface area contributed by atoms with Crippen LogP contribution < -0.4 is 0 Å². The number of carbonyl (C=O) groups is 2. The minimum Gasteiger partial charge on any atom is -0.447 e. The van der Waals surface area contributed by atoms with E-state index in [2.05, 4.69) is 0 Å². The number of amides is 1. The maximum atomic E-state index is 11.1. The third-order valence-corrected chi connectivity index (χ3v) is 1.87. The van der Waals surface area contributed by atoms with Crippen LogP contribution in [-0.4, -0.2) is 36.5 Å². The number of rotatable bonds is 3. The van der Waals surface area contributed by atoms with Crippen LogP contribution in [0.1, 0.15) is 13.8 Å². The van der Waals surface area contributed by atoms with Crippen molar-refractivity contribution in [2.45, 2.75) is 19.9 Å². The lowest BCUT2D eigenvalue weighted by atomic mass is 10.3. The predicted octanol–water partition coefficient (Wildman–Crippen LogP) is 0.972. The maximum Gasteiger partial charge on any atom is 0.410 e. The maximum absolute atomic E-state index is 11.1. The fourth-order valence-electron chi connectivity index (χ4n) is 1.07. The van der Waals surface area contributed by atoms with Crippen molar-refractivity contribution in [2.75, 3.05) is 13.2 Å². The number of allylic oxidation sites excluding steroid dienone is 1. The molecule has 1 heterocycles. The molecule has 4 nitrogen and oxygen atoms in total. The molecule has 1 aliphatic heterocycles. The molecule has 0 aromatic carbocycles. The number of carbonyl (C=O) groups excluding carboxylic acids is 2. The van der Waals surface area contributed by atoms with Crippen molar-refractivity contribution in [1.29, 1.82) is 0 Å². The Kier molecular flexibility index (Phi) is 3.06. The molecule has 0 radical (unpaired) electrons. The van der Waals surface area contributed by atoms with Gasteiger partial charge in [-0.25, -0.2) is 4.79 Å². The molecule has 0 saturated carbocycles. The average Bonchev–Trinajstić information content (AvgIpc) is 2.43. The summed E-state index contributed by atoms with van der Waals surface area (Å²) in [5, 5.41) is 0. The van der Waals surface area contributed by atoms with Crippen LogP contribution in [-0.2, 0) is 9.53 Å². The zero-order valence-electron chi connectivity index (χ0n) is 7.82. The molecule has 0 unspecified atom stereocenters. The normalized spacial score (nSPS) is 21.2. The smallest absolute Gasteiger partial charge is 0.410 e. The molecular formula is C9H13NO3. The highest BCUT2D eigenvalue weighted by Gasteiger charge is 2.31. The zero-order valence-corrected chi connectivity index (χ0v) is 7.82. The number of nitrogens with zero attached hydrogens (tertiary/aromatic N) is 1. The van der Waals surface area contributed by atoms with Gasteiger partial charge in [-0.15, -0.1) is 0 Å². The summed E-state index contributed by atoms with van der Waals surface area (Å²) < 4.78 is 4.73. The van der Waals surface area contributed by atoms with Crippen LogP contribution in [0.4, 0.5) is 4.79 Å². The van der Waals surface area contributed by atoms with Gasteiger partial charge >= 0.3 is 6.09 Å². The molecule has 0 spiro atoms. The van der Waals surface area contributed by atoms with Crippen molar-refractivity contribution in [3.05, 3.63) is 11.6 Å². The summed E-state index contributed by atoms with van der Waals surface area (Å²) in [6.45, 7) is 4.51. The molecule has 1 amide bonds. The summed E-state index contributed by atoms with van der Waals surface area (Å²) >= 11 is 0. The molecular weight excluding hydrogens is 170 g/mol. The van der Waals surface area contributed by atoms with Gasteiger partial charge in [0.15, 0.2) is 0 Å². The molecule has 1 rings (SSSR count). The van der Waals surface area contributed by atoms with Gasteiger partial charge in [0, 0.05) is 6.54 Å². The highest BCUT2D eigenvalue weighted by Crippen LogP contribution is 2.10. The third kappa shape index (κ3) is 2.31. The quantitative estimate of drug-likeness (QED) is 0.484. The highest BCUT2D eigenvalue weighted by molar-refractivity contribution is 5.76. The van der Waals surface area contributed by atoms with Crippen LogP contribution in [0.25, 0.3) is 0 Å². The van der Waals surface area contributed by atoms with Crippen LogP contribution in [0.2, 0.25) is 0 Å². The van der Waals surface area contributed by atoms with Gasteiger partial charge in [-0.1, -0.05) is 11.6 Å². The molecule has 0 aromatic heterocycles. The van der Waals surface area contributed by atoms with Gasteiger partial charge in [-0.05, 0) is 13.8 Å². The monoisotopic (exact) mass is 183 g/mol. The van der Waals surface area contributed by atoms with Gasteiger partial charge in [0.05, 0.1) is 0 Å². The van der Waals surface area contributed by atoms with E-state index >= 15 is 0 Å². The van der Waals surface area contributed by atoms with Gasteiger partial charge in [0.2, 0.25) is 0 Å². The van der Waals surface area contributed by atoms with E-state index < -0.39 is 12.1 Å². The number of hydrogen-bond acceptors (Lipinski definition) is 3. The van der Waals surface area contributed by atoms with Crippen LogP contribution in [0, 0.1) is 0 Å². The lowest BCUT2D eigenvalue weighted by Gasteiger charge is -2.14. The van der Waals surface area contributed by atoms with Gasteiger partial charge in [-0.2, -0.15) is 0 Å². The van der Waals surface area contributed by atoms with Gasteiger partial charge in [-0.3, -0.25) is 4.90 Å². The Morgan fingerprint density at radius 2 is 2.38 bits per heavy atom. The first-order valence-electron chi connectivity index (χ1n) is 4.17. The van der Waals surface area contributed by atoms with Crippen molar-refractivity contribution >= 4 is 12.4 Å². The molecule has 4 heteroatoms.